The predicted octanol–water partition coefficient (Wildman–Crippen LogP) is 2.11. The molecule has 0 atom stereocenters. The van der Waals surface area contributed by atoms with Crippen LogP contribution in [0.2, 0.25) is 5.02 Å². The molecule has 1 aromatic rings. The van der Waals surface area contributed by atoms with E-state index in [0.717, 1.165) is 12.8 Å². The van der Waals surface area contributed by atoms with Gasteiger partial charge in [-0.05, 0) is 18.9 Å². The summed E-state index contributed by atoms with van der Waals surface area (Å²) >= 11 is 5.97. The molecule has 0 aromatic carbocycles. The summed E-state index contributed by atoms with van der Waals surface area (Å²) in [5, 5.41) is 0.566. The molecule has 0 bridgehead atoms. The molecule has 19 heavy (non-hydrogen) atoms. The number of amides is 1. The summed E-state index contributed by atoms with van der Waals surface area (Å²) in [6.07, 6.45) is 4.14. The van der Waals surface area contributed by atoms with Crippen LogP contribution >= 0.6 is 11.6 Å². The molecular weight excluding hydrogens is 268 g/mol. The van der Waals surface area contributed by atoms with Crippen molar-refractivity contribution >= 4 is 23.5 Å². The maximum atomic E-state index is 12.3. The van der Waals surface area contributed by atoms with Crippen LogP contribution in [0.1, 0.15) is 35.8 Å². The van der Waals surface area contributed by atoms with E-state index >= 15 is 0 Å². The van der Waals surface area contributed by atoms with Crippen LogP contribution in [0, 0.1) is 0 Å². The molecular formula is C13H17ClN2O3. The quantitative estimate of drug-likeness (QED) is 0.778. The minimum Gasteiger partial charge on any atom is -0.469 e. The third kappa shape index (κ3) is 3.29. The largest absolute Gasteiger partial charge is 0.469 e. The zero-order valence-corrected chi connectivity index (χ0v) is 11.8. The second-order valence-corrected chi connectivity index (χ2v) is 5.17. The second kappa shape index (κ2) is 5.65. The van der Waals surface area contributed by atoms with Crippen molar-refractivity contribution in [1.29, 1.82) is 0 Å². The molecule has 1 saturated carbocycles. The number of carbonyl (C=O) groups excluding carboxylic acids is 2. The number of carbonyl (C=O) groups is 2. The number of methoxy groups -OCH3 is 1. The molecule has 1 fully saturated rings. The molecule has 2 rings (SSSR count). The van der Waals surface area contributed by atoms with Crippen molar-refractivity contribution in [1.82, 2.24) is 9.47 Å². The van der Waals surface area contributed by atoms with Gasteiger partial charge >= 0.3 is 5.97 Å². The number of halogens is 1. The minimum absolute atomic E-state index is 0.122. The summed E-state index contributed by atoms with van der Waals surface area (Å²) in [7, 11) is 3.01. The Balaban J connectivity index is 2.04. The van der Waals surface area contributed by atoms with E-state index < -0.39 is 0 Å². The van der Waals surface area contributed by atoms with E-state index in [1.165, 1.54) is 12.0 Å². The monoisotopic (exact) mass is 284 g/mol. The van der Waals surface area contributed by atoms with Gasteiger partial charge < -0.3 is 14.2 Å². The molecule has 1 aliphatic rings. The Morgan fingerprint density at radius 1 is 1.53 bits per heavy atom. The molecule has 6 heteroatoms. The van der Waals surface area contributed by atoms with Crippen molar-refractivity contribution < 1.29 is 14.3 Å². The molecule has 1 aliphatic carbocycles. The standard InChI is InChI=1S/C13H17ClN2O3/c1-15(6-5-12(17)19-2)13(18)11-7-9(14)8-16(11)10-3-4-10/h7-8,10H,3-6H2,1-2H3. The van der Waals surface area contributed by atoms with Crippen molar-refractivity contribution in [2.75, 3.05) is 20.7 Å². The molecule has 1 amide bonds. The van der Waals surface area contributed by atoms with Crippen molar-refractivity contribution in [3.63, 3.8) is 0 Å². The van der Waals surface area contributed by atoms with Crippen LogP contribution in [0.4, 0.5) is 0 Å². The second-order valence-electron chi connectivity index (χ2n) is 4.73. The highest BCUT2D eigenvalue weighted by Crippen LogP contribution is 2.37. The van der Waals surface area contributed by atoms with Gasteiger partial charge in [0.1, 0.15) is 5.69 Å². The third-order valence-electron chi connectivity index (χ3n) is 3.20. The van der Waals surface area contributed by atoms with Gasteiger partial charge in [0.15, 0.2) is 0 Å². The molecule has 1 aromatic heterocycles. The van der Waals surface area contributed by atoms with Crippen LogP contribution in [0.15, 0.2) is 12.3 Å². The number of nitrogens with zero attached hydrogens (tertiary/aromatic N) is 2. The lowest BCUT2D eigenvalue weighted by Crippen LogP contribution is -2.30. The first-order valence-corrected chi connectivity index (χ1v) is 6.60. The van der Waals surface area contributed by atoms with Crippen LogP contribution < -0.4 is 0 Å². The zero-order chi connectivity index (χ0) is 14.0. The molecule has 0 radical (unpaired) electrons. The summed E-state index contributed by atoms with van der Waals surface area (Å²) in [6.45, 7) is 0.332. The van der Waals surface area contributed by atoms with E-state index in [1.807, 2.05) is 4.57 Å². The van der Waals surface area contributed by atoms with E-state index in [4.69, 9.17) is 11.6 Å². The number of hydrogen-bond donors (Lipinski definition) is 0. The van der Waals surface area contributed by atoms with Gasteiger partial charge in [0.2, 0.25) is 0 Å². The molecule has 0 spiro atoms. The Labute approximate surface area is 117 Å². The number of aromatic nitrogens is 1. The highest BCUT2D eigenvalue weighted by Gasteiger charge is 2.28. The molecule has 5 nitrogen and oxygen atoms in total. The lowest BCUT2D eigenvalue weighted by atomic mass is 10.3. The molecule has 104 valence electrons. The molecule has 0 aliphatic heterocycles. The van der Waals surface area contributed by atoms with E-state index in [9.17, 15) is 9.59 Å². The summed E-state index contributed by atoms with van der Waals surface area (Å²) in [4.78, 5) is 24.9. The van der Waals surface area contributed by atoms with Gasteiger partial charge in [-0.3, -0.25) is 9.59 Å². The number of esters is 1. The van der Waals surface area contributed by atoms with Gasteiger partial charge in [-0.25, -0.2) is 0 Å². The van der Waals surface area contributed by atoms with Crippen molar-refractivity contribution in [2.45, 2.75) is 25.3 Å². The first-order valence-electron chi connectivity index (χ1n) is 6.22. The topological polar surface area (TPSA) is 51.5 Å². The third-order valence-corrected chi connectivity index (χ3v) is 3.41. The summed E-state index contributed by atoms with van der Waals surface area (Å²) in [6, 6.07) is 2.07. The summed E-state index contributed by atoms with van der Waals surface area (Å²) < 4.78 is 6.49. The lowest BCUT2D eigenvalue weighted by molar-refractivity contribution is -0.140. The van der Waals surface area contributed by atoms with Crippen molar-refractivity contribution in [2.24, 2.45) is 0 Å². The van der Waals surface area contributed by atoms with Crippen molar-refractivity contribution in [3.05, 3.63) is 23.0 Å². The van der Waals surface area contributed by atoms with E-state index in [-0.39, 0.29) is 18.3 Å². The average Bonchev–Trinajstić information content (AvgIpc) is 3.17. The molecule has 0 unspecified atom stereocenters. The Morgan fingerprint density at radius 3 is 2.79 bits per heavy atom. The predicted molar refractivity (Wildman–Crippen MR) is 71.3 cm³/mol. The highest BCUT2D eigenvalue weighted by molar-refractivity contribution is 6.31. The average molecular weight is 285 g/mol. The smallest absolute Gasteiger partial charge is 0.307 e. The first-order chi connectivity index (χ1) is 9.02. The van der Waals surface area contributed by atoms with Gasteiger partial charge in [-0.15, -0.1) is 0 Å². The van der Waals surface area contributed by atoms with Gasteiger partial charge in [-0.1, -0.05) is 11.6 Å². The van der Waals surface area contributed by atoms with E-state index in [0.29, 0.717) is 23.3 Å². The zero-order valence-electron chi connectivity index (χ0n) is 11.1. The van der Waals surface area contributed by atoms with Gasteiger partial charge in [0.05, 0.1) is 18.6 Å². The Hall–Kier alpha value is -1.49. The van der Waals surface area contributed by atoms with E-state index in [2.05, 4.69) is 4.74 Å². The van der Waals surface area contributed by atoms with Gasteiger partial charge in [0.25, 0.3) is 5.91 Å². The fourth-order valence-electron chi connectivity index (χ4n) is 1.93. The van der Waals surface area contributed by atoms with Crippen LogP contribution in [-0.4, -0.2) is 42.0 Å². The maximum absolute atomic E-state index is 12.3. The minimum atomic E-state index is -0.324. The normalized spacial score (nSPS) is 14.3. The van der Waals surface area contributed by atoms with Gasteiger partial charge in [-0.2, -0.15) is 0 Å². The van der Waals surface area contributed by atoms with E-state index in [1.54, 1.807) is 19.3 Å². The first kappa shape index (κ1) is 13.9. The Kier molecular flexibility index (Phi) is 4.14. The Bertz CT molecular complexity index is 494. The molecule has 1 heterocycles. The van der Waals surface area contributed by atoms with Crippen LogP contribution in [0.3, 0.4) is 0 Å². The SMILES string of the molecule is COC(=O)CCN(C)C(=O)c1cc(Cl)cn1C1CC1. The van der Waals surface area contributed by atoms with Crippen LogP contribution in [0.25, 0.3) is 0 Å². The van der Waals surface area contributed by atoms with Crippen LogP contribution in [0.5, 0.6) is 0 Å². The summed E-state index contributed by atoms with van der Waals surface area (Å²) in [5.41, 5.74) is 0.583. The van der Waals surface area contributed by atoms with Crippen LogP contribution in [-0.2, 0) is 9.53 Å². The summed E-state index contributed by atoms with van der Waals surface area (Å²) in [5.74, 6) is -0.446. The maximum Gasteiger partial charge on any atom is 0.307 e. The molecule has 0 saturated heterocycles. The van der Waals surface area contributed by atoms with Crippen molar-refractivity contribution in [3.8, 4) is 0 Å². The number of hydrogen-bond acceptors (Lipinski definition) is 3. The molecule has 0 N–H and O–H groups in total. The Morgan fingerprint density at radius 2 is 2.21 bits per heavy atom. The van der Waals surface area contributed by atoms with Gasteiger partial charge in [0, 0.05) is 25.8 Å². The fourth-order valence-corrected chi connectivity index (χ4v) is 2.14. The lowest BCUT2D eigenvalue weighted by Gasteiger charge is -2.17. The number of rotatable bonds is 5. The fraction of sp³-hybridized carbons (Fsp3) is 0.538. The number of ether oxygens (including phenoxy) is 1. The highest BCUT2D eigenvalue weighted by atomic mass is 35.5.